The number of benzene rings is 1. The van der Waals surface area contributed by atoms with E-state index in [9.17, 15) is 4.79 Å². The van der Waals surface area contributed by atoms with Crippen molar-refractivity contribution in [2.24, 2.45) is 5.92 Å². The maximum atomic E-state index is 12.2. The van der Waals surface area contributed by atoms with Gasteiger partial charge in [-0.25, -0.2) is 0 Å². The minimum absolute atomic E-state index is 0.0990. The van der Waals surface area contributed by atoms with E-state index in [1.807, 2.05) is 26.0 Å². The van der Waals surface area contributed by atoms with E-state index in [0.29, 0.717) is 0 Å². The van der Waals surface area contributed by atoms with Crippen LogP contribution in [0.3, 0.4) is 0 Å². The number of nitrogens with one attached hydrogen (secondary N) is 1. The molecule has 106 valence electrons. The van der Waals surface area contributed by atoms with Gasteiger partial charge in [-0.2, -0.15) is 0 Å². The SMILES string of the molecule is CCCCC(CC)C(=O)Nc1cc(N)c(C)cc1C. The number of rotatable bonds is 6. The van der Waals surface area contributed by atoms with Gasteiger partial charge in [0.05, 0.1) is 0 Å². The molecule has 3 heteroatoms. The summed E-state index contributed by atoms with van der Waals surface area (Å²) in [6.45, 7) is 8.19. The predicted molar refractivity (Wildman–Crippen MR) is 82.3 cm³/mol. The van der Waals surface area contributed by atoms with E-state index in [4.69, 9.17) is 5.73 Å². The van der Waals surface area contributed by atoms with Crippen LogP contribution in [0, 0.1) is 19.8 Å². The Bertz CT molecular complexity index is 441. The normalized spacial score (nSPS) is 12.2. The molecule has 0 aliphatic rings. The summed E-state index contributed by atoms with van der Waals surface area (Å²) >= 11 is 0. The number of carbonyl (C=O) groups is 1. The molecule has 0 fully saturated rings. The summed E-state index contributed by atoms with van der Waals surface area (Å²) < 4.78 is 0. The lowest BCUT2D eigenvalue weighted by atomic mass is 9.98. The molecule has 1 atom stereocenters. The molecule has 1 rings (SSSR count). The first kappa shape index (κ1) is 15.5. The lowest BCUT2D eigenvalue weighted by Gasteiger charge is -2.16. The number of aryl methyl sites for hydroxylation is 2. The molecule has 0 aliphatic carbocycles. The van der Waals surface area contributed by atoms with E-state index in [-0.39, 0.29) is 11.8 Å². The molecule has 0 saturated heterocycles. The molecule has 0 spiro atoms. The molecule has 0 heterocycles. The first-order chi connectivity index (χ1) is 8.99. The van der Waals surface area contributed by atoms with Crippen LogP contribution in [-0.4, -0.2) is 5.91 Å². The average molecular weight is 262 g/mol. The van der Waals surface area contributed by atoms with Crippen LogP contribution in [0.5, 0.6) is 0 Å². The van der Waals surface area contributed by atoms with Gasteiger partial charge in [0.1, 0.15) is 0 Å². The first-order valence-electron chi connectivity index (χ1n) is 7.17. The molecule has 0 bridgehead atoms. The van der Waals surface area contributed by atoms with Crippen molar-refractivity contribution < 1.29 is 4.79 Å². The van der Waals surface area contributed by atoms with Gasteiger partial charge in [0.2, 0.25) is 5.91 Å². The number of hydrogen-bond acceptors (Lipinski definition) is 2. The highest BCUT2D eigenvalue weighted by molar-refractivity contribution is 5.93. The molecule has 3 nitrogen and oxygen atoms in total. The molecule has 1 amide bonds. The van der Waals surface area contributed by atoms with Crippen molar-refractivity contribution in [3.8, 4) is 0 Å². The summed E-state index contributed by atoms with van der Waals surface area (Å²) in [5, 5.41) is 3.02. The zero-order chi connectivity index (χ0) is 14.4. The highest BCUT2D eigenvalue weighted by Gasteiger charge is 2.16. The molecule has 0 aliphatic heterocycles. The second kappa shape index (κ2) is 7.17. The average Bonchev–Trinajstić information content (AvgIpc) is 2.37. The number of hydrogen-bond donors (Lipinski definition) is 2. The largest absolute Gasteiger partial charge is 0.398 e. The van der Waals surface area contributed by atoms with Gasteiger partial charge >= 0.3 is 0 Å². The lowest BCUT2D eigenvalue weighted by Crippen LogP contribution is -2.22. The minimum Gasteiger partial charge on any atom is -0.398 e. The first-order valence-corrected chi connectivity index (χ1v) is 7.17. The fourth-order valence-electron chi connectivity index (χ4n) is 2.21. The van der Waals surface area contributed by atoms with Gasteiger partial charge < -0.3 is 11.1 Å². The van der Waals surface area contributed by atoms with Crippen molar-refractivity contribution in [3.63, 3.8) is 0 Å². The summed E-state index contributed by atoms with van der Waals surface area (Å²) in [7, 11) is 0. The minimum atomic E-state index is 0.0990. The Morgan fingerprint density at radius 3 is 2.53 bits per heavy atom. The van der Waals surface area contributed by atoms with Crippen LogP contribution in [0.1, 0.15) is 50.7 Å². The Labute approximate surface area is 116 Å². The standard InChI is InChI=1S/C16H26N2O/c1-5-7-8-13(6-2)16(19)18-15-10-14(17)11(3)9-12(15)4/h9-10,13H,5-8,17H2,1-4H3,(H,18,19). The lowest BCUT2D eigenvalue weighted by molar-refractivity contribution is -0.120. The maximum Gasteiger partial charge on any atom is 0.227 e. The summed E-state index contributed by atoms with van der Waals surface area (Å²) in [6.07, 6.45) is 4.06. The highest BCUT2D eigenvalue weighted by Crippen LogP contribution is 2.24. The van der Waals surface area contributed by atoms with Crippen LogP contribution in [0.4, 0.5) is 11.4 Å². The number of nitrogen functional groups attached to an aromatic ring is 1. The third kappa shape index (κ3) is 4.27. The van der Waals surface area contributed by atoms with Crippen molar-refractivity contribution >= 4 is 17.3 Å². The van der Waals surface area contributed by atoms with E-state index in [2.05, 4.69) is 19.2 Å². The van der Waals surface area contributed by atoms with Crippen molar-refractivity contribution in [1.82, 2.24) is 0 Å². The Hall–Kier alpha value is -1.51. The Morgan fingerprint density at radius 2 is 1.95 bits per heavy atom. The summed E-state index contributed by atoms with van der Waals surface area (Å²) in [5.74, 6) is 0.212. The van der Waals surface area contributed by atoms with Crippen molar-refractivity contribution in [1.29, 1.82) is 0 Å². The van der Waals surface area contributed by atoms with Crippen LogP contribution in [0.2, 0.25) is 0 Å². The fourth-order valence-corrected chi connectivity index (χ4v) is 2.21. The van der Waals surface area contributed by atoms with Crippen LogP contribution >= 0.6 is 0 Å². The molecule has 19 heavy (non-hydrogen) atoms. The molecule has 1 unspecified atom stereocenters. The third-order valence-electron chi connectivity index (χ3n) is 3.64. The number of anilines is 2. The van der Waals surface area contributed by atoms with Crippen molar-refractivity contribution in [3.05, 3.63) is 23.3 Å². The van der Waals surface area contributed by atoms with Gasteiger partial charge in [-0.15, -0.1) is 0 Å². The van der Waals surface area contributed by atoms with E-state index in [1.54, 1.807) is 0 Å². The molecular formula is C16H26N2O. The third-order valence-corrected chi connectivity index (χ3v) is 3.64. The quantitative estimate of drug-likeness (QED) is 0.760. The van der Waals surface area contributed by atoms with Gasteiger partial charge in [-0.05, 0) is 43.9 Å². The predicted octanol–water partition coefficient (Wildman–Crippen LogP) is 4.04. The van der Waals surface area contributed by atoms with Gasteiger partial charge in [-0.3, -0.25) is 4.79 Å². The van der Waals surface area contributed by atoms with E-state index in [0.717, 1.165) is 48.2 Å². The zero-order valence-electron chi connectivity index (χ0n) is 12.5. The summed E-state index contributed by atoms with van der Waals surface area (Å²) in [5.41, 5.74) is 9.57. The molecule has 3 N–H and O–H groups in total. The Balaban J connectivity index is 2.78. The highest BCUT2D eigenvalue weighted by atomic mass is 16.1. The number of carbonyl (C=O) groups excluding carboxylic acids is 1. The Morgan fingerprint density at radius 1 is 1.26 bits per heavy atom. The van der Waals surface area contributed by atoms with Crippen molar-refractivity contribution in [2.75, 3.05) is 11.1 Å². The van der Waals surface area contributed by atoms with E-state index >= 15 is 0 Å². The summed E-state index contributed by atoms with van der Waals surface area (Å²) in [6, 6.07) is 3.87. The molecule has 1 aromatic rings. The number of unbranched alkanes of at least 4 members (excludes halogenated alkanes) is 1. The molecule has 0 radical (unpaired) electrons. The van der Waals surface area contributed by atoms with Crippen LogP contribution < -0.4 is 11.1 Å². The summed E-state index contributed by atoms with van der Waals surface area (Å²) in [4.78, 5) is 12.2. The van der Waals surface area contributed by atoms with E-state index < -0.39 is 0 Å². The zero-order valence-corrected chi connectivity index (χ0v) is 12.5. The van der Waals surface area contributed by atoms with Gasteiger partial charge in [0.15, 0.2) is 0 Å². The number of nitrogens with two attached hydrogens (primary N) is 1. The van der Waals surface area contributed by atoms with Gasteiger partial charge in [0, 0.05) is 17.3 Å². The van der Waals surface area contributed by atoms with Crippen LogP contribution in [0.25, 0.3) is 0 Å². The molecule has 1 aromatic carbocycles. The van der Waals surface area contributed by atoms with Crippen LogP contribution in [0.15, 0.2) is 12.1 Å². The van der Waals surface area contributed by atoms with Crippen LogP contribution in [-0.2, 0) is 4.79 Å². The van der Waals surface area contributed by atoms with E-state index in [1.165, 1.54) is 0 Å². The second-order valence-corrected chi connectivity index (χ2v) is 5.26. The fraction of sp³-hybridized carbons (Fsp3) is 0.562. The molecular weight excluding hydrogens is 236 g/mol. The van der Waals surface area contributed by atoms with Crippen molar-refractivity contribution in [2.45, 2.75) is 53.4 Å². The number of amides is 1. The maximum absolute atomic E-state index is 12.2. The van der Waals surface area contributed by atoms with Gasteiger partial charge in [0.25, 0.3) is 0 Å². The Kier molecular flexibility index (Phi) is 5.87. The topological polar surface area (TPSA) is 55.1 Å². The van der Waals surface area contributed by atoms with Gasteiger partial charge in [-0.1, -0.05) is 32.8 Å². The second-order valence-electron chi connectivity index (χ2n) is 5.26. The monoisotopic (exact) mass is 262 g/mol. The molecule has 0 saturated carbocycles. The smallest absolute Gasteiger partial charge is 0.227 e. The molecule has 0 aromatic heterocycles.